The van der Waals surface area contributed by atoms with E-state index in [9.17, 15) is 0 Å². The third-order valence-electron chi connectivity index (χ3n) is 6.86. The quantitative estimate of drug-likeness (QED) is 0.262. The van der Waals surface area contributed by atoms with Crippen LogP contribution in [0.15, 0.2) is 139 Å². The van der Waals surface area contributed by atoms with Crippen molar-refractivity contribution in [2.45, 2.75) is 26.7 Å². The molecule has 1 saturated carbocycles. The van der Waals surface area contributed by atoms with Crippen LogP contribution < -0.4 is 5.73 Å². The zero-order valence-corrected chi connectivity index (χ0v) is 21.9. The van der Waals surface area contributed by atoms with Crippen molar-refractivity contribution < 1.29 is 0 Å². The first-order valence-corrected chi connectivity index (χ1v) is 12.5. The van der Waals surface area contributed by atoms with Crippen LogP contribution in [0.2, 0.25) is 0 Å². The van der Waals surface area contributed by atoms with E-state index in [1.165, 1.54) is 12.0 Å². The average Bonchev–Trinajstić information content (AvgIpc) is 3.64. The lowest BCUT2D eigenvalue weighted by Gasteiger charge is -2.27. The molecule has 1 aliphatic carbocycles. The van der Waals surface area contributed by atoms with E-state index in [4.69, 9.17) is 5.73 Å². The number of hydrogen-bond donors (Lipinski definition) is 1. The van der Waals surface area contributed by atoms with Crippen LogP contribution in [0.3, 0.4) is 0 Å². The number of nitrogens with zero attached hydrogens (tertiary/aromatic N) is 1. The molecule has 2 atom stereocenters. The van der Waals surface area contributed by atoms with Gasteiger partial charge in [0, 0.05) is 30.1 Å². The van der Waals surface area contributed by atoms with Crippen LogP contribution >= 0.6 is 0 Å². The predicted molar refractivity (Wildman–Crippen MR) is 157 cm³/mol. The second kappa shape index (κ2) is 12.6. The van der Waals surface area contributed by atoms with Gasteiger partial charge in [-0.25, -0.2) is 0 Å². The second-order valence-corrected chi connectivity index (χ2v) is 9.28. The molecule has 184 valence electrons. The van der Waals surface area contributed by atoms with Gasteiger partial charge in [-0.3, -0.25) is 0 Å². The minimum atomic E-state index is 0.629. The Morgan fingerprint density at radius 2 is 1.67 bits per heavy atom. The summed E-state index contributed by atoms with van der Waals surface area (Å²) < 4.78 is 0. The Labute approximate surface area is 217 Å². The summed E-state index contributed by atoms with van der Waals surface area (Å²) in [5.41, 5.74) is 17.7. The molecular formula is C34H38N2. The summed E-state index contributed by atoms with van der Waals surface area (Å²) in [6.07, 6.45) is 11.9. The normalized spacial score (nSPS) is 18.3. The molecule has 1 aliphatic rings. The number of rotatable bonds is 11. The molecule has 36 heavy (non-hydrogen) atoms. The molecule has 0 radical (unpaired) electrons. The molecule has 0 bridgehead atoms. The Balaban J connectivity index is 1.93. The third kappa shape index (κ3) is 6.36. The Bertz CT molecular complexity index is 1250. The molecule has 0 aromatic heterocycles. The van der Waals surface area contributed by atoms with Gasteiger partial charge in [-0.1, -0.05) is 112 Å². The van der Waals surface area contributed by atoms with Crippen molar-refractivity contribution in [3.8, 4) is 0 Å². The van der Waals surface area contributed by atoms with E-state index >= 15 is 0 Å². The van der Waals surface area contributed by atoms with Gasteiger partial charge in [0.1, 0.15) is 0 Å². The standard InChI is InChI=1S/C34H38N2/c1-7-16-29(32-23-25(32)3)21-15-22-31(24-35)33(8-2)36(6)27(5)34(30-19-13-10-14-20-30)26(4)28-17-11-9-12-18-28/h7,9-21,24-25,32H,1-2,4,22-23,35H2,3,5-6H3/b21-15-,29-16+,31-24-,34-27+. The molecule has 0 saturated heterocycles. The fraction of sp³-hybridized carbons (Fsp3) is 0.206. The van der Waals surface area contributed by atoms with Gasteiger partial charge in [-0.2, -0.15) is 0 Å². The molecule has 2 nitrogen and oxygen atoms in total. The van der Waals surface area contributed by atoms with Crippen LogP contribution in [0.4, 0.5) is 0 Å². The molecule has 2 unspecified atom stereocenters. The van der Waals surface area contributed by atoms with Crippen LogP contribution in [0.1, 0.15) is 37.8 Å². The number of allylic oxidation sites excluding steroid dienone is 9. The van der Waals surface area contributed by atoms with Gasteiger partial charge >= 0.3 is 0 Å². The van der Waals surface area contributed by atoms with Crippen LogP contribution in [-0.2, 0) is 0 Å². The largest absolute Gasteiger partial charge is 0.404 e. The van der Waals surface area contributed by atoms with Gasteiger partial charge < -0.3 is 10.6 Å². The maximum Gasteiger partial charge on any atom is 0.0883 e. The minimum absolute atomic E-state index is 0.629. The van der Waals surface area contributed by atoms with E-state index in [-0.39, 0.29) is 0 Å². The minimum Gasteiger partial charge on any atom is -0.404 e. The zero-order chi connectivity index (χ0) is 26.1. The lowest BCUT2D eigenvalue weighted by atomic mass is 9.91. The molecule has 0 heterocycles. The monoisotopic (exact) mass is 474 g/mol. The summed E-state index contributed by atoms with van der Waals surface area (Å²) in [6.45, 7) is 16.7. The van der Waals surface area contributed by atoms with Crippen molar-refractivity contribution >= 4 is 11.1 Å². The van der Waals surface area contributed by atoms with Gasteiger partial charge in [-0.05, 0) is 53.9 Å². The highest BCUT2D eigenvalue weighted by Crippen LogP contribution is 2.44. The topological polar surface area (TPSA) is 29.3 Å². The molecule has 0 aliphatic heterocycles. The van der Waals surface area contributed by atoms with Crippen molar-refractivity contribution in [3.05, 3.63) is 150 Å². The first-order chi connectivity index (χ1) is 17.4. The predicted octanol–water partition coefficient (Wildman–Crippen LogP) is 8.29. The summed E-state index contributed by atoms with van der Waals surface area (Å²) in [7, 11) is 2.03. The van der Waals surface area contributed by atoms with E-state index in [1.54, 1.807) is 6.20 Å². The molecule has 0 amide bonds. The van der Waals surface area contributed by atoms with Crippen molar-refractivity contribution in [2.75, 3.05) is 7.05 Å². The van der Waals surface area contributed by atoms with Crippen molar-refractivity contribution in [2.24, 2.45) is 17.6 Å². The van der Waals surface area contributed by atoms with Gasteiger partial charge in [-0.15, -0.1) is 5.73 Å². The molecule has 2 heteroatoms. The van der Waals surface area contributed by atoms with E-state index in [1.807, 2.05) is 37.4 Å². The maximum atomic E-state index is 6.12. The van der Waals surface area contributed by atoms with E-state index in [2.05, 4.69) is 98.8 Å². The van der Waals surface area contributed by atoms with Gasteiger partial charge in [0.2, 0.25) is 0 Å². The van der Waals surface area contributed by atoms with Gasteiger partial charge in [0.25, 0.3) is 0 Å². The van der Waals surface area contributed by atoms with Crippen LogP contribution in [0.25, 0.3) is 11.1 Å². The maximum absolute atomic E-state index is 6.12. The van der Waals surface area contributed by atoms with Crippen LogP contribution in [-0.4, -0.2) is 11.9 Å². The summed E-state index contributed by atoms with van der Waals surface area (Å²) in [5.74, 6) is 1.37. The highest BCUT2D eigenvalue weighted by molar-refractivity contribution is 6.05. The molecule has 1 fully saturated rings. The Hall–Kier alpha value is -4.00. The zero-order valence-electron chi connectivity index (χ0n) is 21.9. The van der Waals surface area contributed by atoms with E-state index in [0.29, 0.717) is 12.3 Å². The van der Waals surface area contributed by atoms with Crippen molar-refractivity contribution in [1.82, 2.24) is 4.90 Å². The van der Waals surface area contributed by atoms with E-state index < -0.39 is 0 Å². The summed E-state index contributed by atoms with van der Waals surface area (Å²) in [5, 5.41) is 0. The first-order valence-electron chi connectivity index (χ1n) is 12.5. The van der Waals surface area contributed by atoms with Crippen molar-refractivity contribution in [3.63, 3.8) is 0 Å². The highest BCUT2D eigenvalue weighted by Gasteiger charge is 2.34. The number of hydrogen-bond acceptors (Lipinski definition) is 2. The smallest absolute Gasteiger partial charge is 0.0883 e. The lowest BCUT2D eigenvalue weighted by Crippen LogP contribution is -2.19. The Morgan fingerprint density at radius 1 is 1.08 bits per heavy atom. The molecule has 2 aromatic rings. The number of nitrogens with two attached hydrogens (primary N) is 1. The number of likely N-dealkylation sites (N-methyl/N-ethyl adjacent to an activating group) is 1. The lowest BCUT2D eigenvalue weighted by molar-refractivity contribution is 0.531. The Kier molecular flexibility index (Phi) is 9.33. The highest BCUT2D eigenvalue weighted by atomic mass is 15.1. The SMILES string of the molecule is C=C=C(/C(=C\N)C/C=C\C(=C/C=C)C1CC1C)N(C)/C(C)=C(\C(=C)c1ccccc1)c1ccccc1. The van der Waals surface area contributed by atoms with Crippen molar-refractivity contribution in [1.29, 1.82) is 0 Å². The van der Waals surface area contributed by atoms with Crippen LogP contribution in [0, 0.1) is 11.8 Å². The molecule has 0 spiro atoms. The molecular weight excluding hydrogens is 436 g/mol. The molecule has 2 N–H and O–H groups in total. The molecule has 3 rings (SSSR count). The van der Waals surface area contributed by atoms with Crippen LogP contribution in [0.5, 0.6) is 0 Å². The van der Waals surface area contributed by atoms with Gasteiger partial charge in [0.15, 0.2) is 0 Å². The fourth-order valence-corrected chi connectivity index (χ4v) is 4.56. The summed E-state index contributed by atoms with van der Waals surface area (Å²) >= 11 is 0. The third-order valence-corrected chi connectivity index (χ3v) is 6.86. The first kappa shape index (κ1) is 26.6. The second-order valence-electron chi connectivity index (χ2n) is 9.28. The molecule has 2 aromatic carbocycles. The van der Waals surface area contributed by atoms with E-state index in [0.717, 1.165) is 45.2 Å². The Morgan fingerprint density at radius 3 is 2.17 bits per heavy atom. The number of benzene rings is 2. The summed E-state index contributed by atoms with van der Waals surface area (Å²) in [4.78, 5) is 2.11. The average molecular weight is 475 g/mol. The van der Waals surface area contributed by atoms with Gasteiger partial charge in [0.05, 0.1) is 5.70 Å². The summed E-state index contributed by atoms with van der Waals surface area (Å²) in [6, 6.07) is 20.6. The fourth-order valence-electron chi connectivity index (χ4n) is 4.56.